The second-order valence-electron chi connectivity index (χ2n) is 4.02. The van der Waals surface area contributed by atoms with Crippen molar-refractivity contribution in [3.05, 3.63) is 51.5 Å². The molecule has 0 atom stereocenters. The first-order chi connectivity index (χ1) is 9.72. The topological polar surface area (TPSA) is 72.2 Å². The van der Waals surface area contributed by atoms with Gasteiger partial charge in [0.15, 0.2) is 5.82 Å². The zero-order chi connectivity index (χ0) is 15.8. The highest BCUT2D eigenvalue weighted by Crippen LogP contribution is 2.30. The Labute approximate surface area is 133 Å². The van der Waals surface area contributed by atoms with E-state index in [-0.39, 0.29) is 15.2 Å². The molecule has 0 aliphatic rings. The molecule has 0 amide bonds. The van der Waals surface area contributed by atoms with Gasteiger partial charge in [-0.05, 0) is 40.2 Å². The summed E-state index contributed by atoms with van der Waals surface area (Å²) in [6, 6.07) is 5.78. The zero-order valence-corrected chi connectivity index (χ0v) is 13.4. The van der Waals surface area contributed by atoms with E-state index in [1.165, 1.54) is 18.2 Å². The van der Waals surface area contributed by atoms with Gasteiger partial charge in [0.05, 0.1) is 9.50 Å². The summed E-state index contributed by atoms with van der Waals surface area (Å²) >= 11 is 8.59. The minimum atomic E-state index is -4.39. The molecule has 0 aliphatic heterocycles. The lowest BCUT2D eigenvalue weighted by atomic mass is 10.3. The van der Waals surface area contributed by atoms with E-state index >= 15 is 0 Å². The van der Waals surface area contributed by atoms with Crippen LogP contribution in [-0.4, -0.2) is 8.42 Å². The van der Waals surface area contributed by atoms with E-state index in [2.05, 4.69) is 15.9 Å². The zero-order valence-electron chi connectivity index (χ0n) is 10.2. The van der Waals surface area contributed by atoms with Crippen LogP contribution in [0.2, 0.25) is 5.02 Å². The molecule has 0 radical (unpaired) electrons. The number of nitrogens with two attached hydrogens (primary N) is 1. The minimum absolute atomic E-state index is 0.0308. The first-order valence-electron chi connectivity index (χ1n) is 5.43. The SMILES string of the molecule is Nc1cc(Br)c(F)c(S(=O)(=O)Nc2c(F)cccc2Cl)c1. The molecular formula is C12H8BrClF2N2O2S. The van der Waals surface area contributed by atoms with E-state index in [1.807, 2.05) is 4.72 Å². The highest BCUT2D eigenvalue weighted by atomic mass is 79.9. The summed E-state index contributed by atoms with van der Waals surface area (Å²) in [5, 5.41) is -0.151. The fourth-order valence-corrected chi connectivity index (χ4v) is 3.66. The molecule has 2 rings (SSSR count). The molecule has 2 aromatic carbocycles. The molecule has 0 heterocycles. The Kier molecular flexibility index (Phi) is 4.40. The third-order valence-corrected chi connectivity index (χ3v) is 4.75. The molecule has 0 aromatic heterocycles. The quantitative estimate of drug-likeness (QED) is 0.775. The van der Waals surface area contributed by atoms with Crippen molar-refractivity contribution >= 4 is 48.9 Å². The molecule has 0 saturated carbocycles. The van der Waals surface area contributed by atoms with Gasteiger partial charge in [0.2, 0.25) is 0 Å². The fourth-order valence-electron chi connectivity index (χ4n) is 1.56. The third kappa shape index (κ3) is 3.28. The predicted molar refractivity (Wildman–Crippen MR) is 80.7 cm³/mol. The van der Waals surface area contributed by atoms with Crippen molar-refractivity contribution in [1.82, 2.24) is 0 Å². The highest BCUT2D eigenvalue weighted by molar-refractivity contribution is 9.10. The van der Waals surface area contributed by atoms with Gasteiger partial charge in [0.25, 0.3) is 10.0 Å². The summed E-state index contributed by atoms with van der Waals surface area (Å²) in [6.07, 6.45) is 0. The summed E-state index contributed by atoms with van der Waals surface area (Å²) in [5.74, 6) is -1.92. The Hall–Kier alpha value is -1.38. The number of halogens is 4. The Morgan fingerprint density at radius 1 is 1.24 bits per heavy atom. The first kappa shape index (κ1) is 16.0. The minimum Gasteiger partial charge on any atom is -0.399 e. The monoisotopic (exact) mass is 396 g/mol. The molecule has 0 bridgehead atoms. The number of nitrogens with one attached hydrogen (secondary N) is 1. The van der Waals surface area contributed by atoms with Gasteiger partial charge in [-0.15, -0.1) is 0 Å². The molecule has 3 N–H and O–H groups in total. The van der Waals surface area contributed by atoms with Gasteiger partial charge in [0.1, 0.15) is 16.4 Å². The number of sulfonamides is 1. The number of hydrogen-bond acceptors (Lipinski definition) is 3. The summed E-state index contributed by atoms with van der Waals surface area (Å²) in [7, 11) is -4.39. The first-order valence-corrected chi connectivity index (χ1v) is 8.09. The molecular weight excluding hydrogens is 390 g/mol. The van der Waals surface area contributed by atoms with Crippen LogP contribution in [0.25, 0.3) is 0 Å². The molecule has 21 heavy (non-hydrogen) atoms. The van der Waals surface area contributed by atoms with E-state index < -0.39 is 32.2 Å². The summed E-state index contributed by atoms with van der Waals surface area (Å²) < 4.78 is 53.7. The van der Waals surface area contributed by atoms with Crippen LogP contribution in [0.15, 0.2) is 39.7 Å². The summed E-state index contributed by atoms with van der Waals surface area (Å²) in [5.41, 5.74) is 5.06. The fraction of sp³-hybridized carbons (Fsp3) is 0. The van der Waals surface area contributed by atoms with Gasteiger partial charge >= 0.3 is 0 Å². The van der Waals surface area contributed by atoms with Gasteiger partial charge in [0, 0.05) is 5.69 Å². The maximum absolute atomic E-state index is 13.9. The largest absolute Gasteiger partial charge is 0.399 e. The van der Waals surface area contributed by atoms with E-state index in [0.717, 1.165) is 12.1 Å². The van der Waals surface area contributed by atoms with Gasteiger partial charge < -0.3 is 5.73 Å². The maximum atomic E-state index is 13.9. The van der Waals surface area contributed by atoms with Crippen molar-refractivity contribution in [2.75, 3.05) is 10.5 Å². The number of anilines is 2. The van der Waals surface area contributed by atoms with Crippen molar-refractivity contribution in [2.24, 2.45) is 0 Å². The Bertz CT molecular complexity index is 795. The number of benzene rings is 2. The Morgan fingerprint density at radius 2 is 1.90 bits per heavy atom. The maximum Gasteiger partial charge on any atom is 0.265 e. The van der Waals surface area contributed by atoms with Crippen LogP contribution < -0.4 is 10.5 Å². The number of para-hydroxylation sites is 1. The van der Waals surface area contributed by atoms with Gasteiger partial charge in [-0.2, -0.15) is 0 Å². The normalized spacial score (nSPS) is 11.4. The van der Waals surface area contributed by atoms with Crippen LogP contribution in [0, 0.1) is 11.6 Å². The van der Waals surface area contributed by atoms with Crippen LogP contribution in [0.4, 0.5) is 20.2 Å². The molecule has 112 valence electrons. The van der Waals surface area contributed by atoms with Crippen molar-refractivity contribution in [3.8, 4) is 0 Å². The van der Waals surface area contributed by atoms with Crippen LogP contribution in [0.5, 0.6) is 0 Å². The number of rotatable bonds is 3. The molecule has 0 aliphatic carbocycles. The lowest BCUT2D eigenvalue weighted by Gasteiger charge is -2.12. The lowest BCUT2D eigenvalue weighted by Crippen LogP contribution is -2.16. The predicted octanol–water partition coefficient (Wildman–Crippen LogP) is 3.76. The molecule has 4 nitrogen and oxygen atoms in total. The van der Waals surface area contributed by atoms with Crippen molar-refractivity contribution in [2.45, 2.75) is 4.90 Å². The van der Waals surface area contributed by atoms with Crippen LogP contribution in [-0.2, 0) is 10.0 Å². The molecule has 0 unspecified atom stereocenters. The van der Waals surface area contributed by atoms with E-state index in [9.17, 15) is 17.2 Å². The van der Waals surface area contributed by atoms with Gasteiger partial charge in [-0.25, -0.2) is 17.2 Å². The third-order valence-electron chi connectivity index (χ3n) is 2.51. The van der Waals surface area contributed by atoms with Crippen molar-refractivity contribution in [1.29, 1.82) is 0 Å². The van der Waals surface area contributed by atoms with E-state index in [0.29, 0.717) is 0 Å². The molecule has 0 fully saturated rings. The second-order valence-corrected chi connectivity index (χ2v) is 6.93. The number of hydrogen-bond donors (Lipinski definition) is 2. The van der Waals surface area contributed by atoms with Crippen LogP contribution >= 0.6 is 27.5 Å². The van der Waals surface area contributed by atoms with Gasteiger partial charge in [-0.1, -0.05) is 17.7 Å². The van der Waals surface area contributed by atoms with Crippen molar-refractivity contribution < 1.29 is 17.2 Å². The van der Waals surface area contributed by atoms with E-state index in [4.69, 9.17) is 17.3 Å². The lowest BCUT2D eigenvalue weighted by molar-refractivity contribution is 0.566. The molecule has 0 spiro atoms. The average Bonchev–Trinajstić information content (AvgIpc) is 2.38. The molecule has 0 saturated heterocycles. The standard InChI is InChI=1S/C12H8BrClF2N2O2S/c13-7-4-6(17)5-10(11(7)16)21(19,20)18-12-8(14)2-1-3-9(12)15/h1-5,18H,17H2. The average molecular weight is 398 g/mol. The summed E-state index contributed by atoms with van der Waals surface area (Å²) in [6.45, 7) is 0. The number of nitrogen functional groups attached to an aromatic ring is 1. The van der Waals surface area contributed by atoms with Crippen molar-refractivity contribution in [3.63, 3.8) is 0 Å². The summed E-state index contributed by atoms with van der Waals surface area (Å²) in [4.78, 5) is -0.714. The second kappa shape index (κ2) is 5.78. The van der Waals surface area contributed by atoms with Crippen LogP contribution in [0.3, 0.4) is 0 Å². The highest BCUT2D eigenvalue weighted by Gasteiger charge is 2.24. The Balaban J connectivity index is 2.54. The van der Waals surface area contributed by atoms with E-state index in [1.54, 1.807) is 0 Å². The van der Waals surface area contributed by atoms with Gasteiger partial charge in [-0.3, -0.25) is 4.72 Å². The smallest absolute Gasteiger partial charge is 0.265 e. The van der Waals surface area contributed by atoms with Crippen LogP contribution in [0.1, 0.15) is 0 Å². The molecule has 9 heteroatoms. The Morgan fingerprint density at radius 3 is 2.52 bits per heavy atom. The molecule has 2 aromatic rings.